The molecular weight excluding hydrogens is 276 g/mol. The second kappa shape index (κ2) is 6.78. The summed E-state index contributed by atoms with van der Waals surface area (Å²) in [6.07, 6.45) is 0. The summed E-state index contributed by atoms with van der Waals surface area (Å²) in [5.41, 5.74) is 2.92. The van der Waals surface area contributed by atoms with Crippen molar-refractivity contribution in [2.45, 2.75) is 20.4 Å². The zero-order valence-electron chi connectivity index (χ0n) is 12.4. The number of benzene rings is 1. The van der Waals surface area contributed by atoms with E-state index in [2.05, 4.69) is 10.4 Å². The SMILES string of the molecule is COCCNCc1c(C)nn(-c2ccc(F)cc2F)c1C. The number of rotatable bonds is 6. The Hall–Kier alpha value is -1.79. The molecule has 0 aliphatic heterocycles. The molecule has 0 amide bonds. The minimum atomic E-state index is -0.625. The highest BCUT2D eigenvalue weighted by Crippen LogP contribution is 2.20. The first-order chi connectivity index (χ1) is 10.0. The summed E-state index contributed by atoms with van der Waals surface area (Å²) in [5, 5.41) is 7.59. The number of halogens is 2. The first kappa shape index (κ1) is 15.6. The number of hydrogen-bond acceptors (Lipinski definition) is 3. The maximum Gasteiger partial charge on any atom is 0.151 e. The number of nitrogens with one attached hydrogen (secondary N) is 1. The monoisotopic (exact) mass is 295 g/mol. The molecule has 0 aliphatic rings. The van der Waals surface area contributed by atoms with E-state index in [1.807, 2.05) is 13.8 Å². The highest BCUT2D eigenvalue weighted by molar-refractivity contribution is 5.38. The second-order valence-electron chi connectivity index (χ2n) is 4.83. The second-order valence-corrected chi connectivity index (χ2v) is 4.83. The number of aryl methyl sites for hydroxylation is 1. The fourth-order valence-electron chi connectivity index (χ4n) is 2.21. The highest BCUT2D eigenvalue weighted by atomic mass is 19.1. The van der Waals surface area contributed by atoms with Gasteiger partial charge in [-0.1, -0.05) is 0 Å². The van der Waals surface area contributed by atoms with Crippen LogP contribution >= 0.6 is 0 Å². The van der Waals surface area contributed by atoms with Gasteiger partial charge in [0.05, 0.1) is 12.3 Å². The Kier molecular flexibility index (Phi) is 5.03. The van der Waals surface area contributed by atoms with Crippen LogP contribution in [0.2, 0.25) is 0 Å². The molecule has 0 unspecified atom stereocenters. The van der Waals surface area contributed by atoms with Crippen molar-refractivity contribution in [3.63, 3.8) is 0 Å². The van der Waals surface area contributed by atoms with E-state index in [-0.39, 0.29) is 5.69 Å². The molecule has 1 N–H and O–H groups in total. The van der Waals surface area contributed by atoms with E-state index in [4.69, 9.17) is 4.74 Å². The fourth-order valence-corrected chi connectivity index (χ4v) is 2.21. The summed E-state index contributed by atoms with van der Waals surface area (Å²) in [5.74, 6) is -1.22. The summed E-state index contributed by atoms with van der Waals surface area (Å²) < 4.78 is 33.4. The molecule has 114 valence electrons. The summed E-state index contributed by atoms with van der Waals surface area (Å²) in [6, 6.07) is 3.49. The number of hydrogen-bond donors (Lipinski definition) is 1. The largest absolute Gasteiger partial charge is 0.383 e. The molecule has 1 heterocycles. The summed E-state index contributed by atoms with van der Waals surface area (Å²) in [7, 11) is 1.65. The van der Waals surface area contributed by atoms with Crippen LogP contribution in [-0.4, -0.2) is 30.0 Å². The van der Waals surface area contributed by atoms with Gasteiger partial charge in [0, 0.05) is 37.5 Å². The molecule has 0 aliphatic carbocycles. The van der Waals surface area contributed by atoms with E-state index in [0.29, 0.717) is 13.2 Å². The Labute approximate surface area is 122 Å². The van der Waals surface area contributed by atoms with Crippen LogP contribution in [0.15, 0.2) is 18.2 Å². The zero-order valence-corrected chi connectivity index (χ0v) is 12.4. The lowest BCUT2D eigenvalue weighted by atomic mass is 10.2. The van der Waals surface area contributed by atoms with Gasteiger partial charge >= 0.3 is 0 Å². The van der Waals surface area contributed by atoms with Crippen LogP contribution < -0.4 is 5.32 Å². The van der Waals surface area contributed by atoms with Gasteiger partial charge in [0.1, 0.15) is 11.5 Å². The van der Waals surface area contributed by atoms with Gasteiger partial charge in [-0.05, 0) is 26.0 Å². The highest BCUT2D eigenvalue weighted by Gasteiger charge is 2.15. The van der Waals surface area contributed by atoms with Crippen LogP contribution in [0.3, 0.4) is 0 Å². The Morgan fingerprint density at radius 2 is 2.05 bits per heavy atom. The Balaban J connectivity index is 2.26. The molecule has 0 spiro atoms. The molecule has 2 rings (SSSR count). The molecule has 4 nitrogen and oxygen atoms in total. The van der Waals surface area contributed by atoms with Gasteiger partial charge in [0.2, 0.25) is 0 Å². The van der Waals surface area contributed by atoms with Gasteiger partial charge < -0.3 is 10.1 Å². The Morgan fingerprint density at radius 1 is 1.29 bits per heavy atom. The third-order valence-electron chi connectivity index (χ3n) is 3.36. The molecule has 1 aromatic carbocycles. The number of ether oxygens (including phenoxy) is 1. The van der Waals surface area contributed by atoms with Gasteiger partial charge in [0.15, 0.2) is 5.82 Å². The van der Waals surface area contributed by atoms with Crippen LogP contribution in [0.25, 0.3) is 5.69 Å². The van der Waals surface area contributed by atoms with Crippen molar-refractivity contribution in [1.29, 1.82) is 0 Å². The molecule has 1 aromatic heterocycles. The molecule has 0 bridgehead atoms. The molecule has 0 saturated heterocycles. The summed E-state index contributed by atoms with van der Waals surface area (Å²) in [4.78, 5) is 0. The van der Waals surface area contributed by atoms with Crippen molar-refractivity contribution in [2.24, 2.45) is 0 Å². The average Bonchev–Trinajstić information content (AvgIpc) is 2.71. The summed E-state index contributed by atoms with van der Waals surface area (Å²) >= 11 is 0. The smallest absolute Gasteiger partial charge is 0.151 e. The standard InChI is InChI=1S/C15H19F2N3O/c1-10-13(9-18-6-7-21-3)11(2)20(19-10)15-5-4-12(16)8-14(15)17/h4-5,8,18H,6-7,9H2,1-3H3. The maximum atomic E-state index is 13.9. The van der Waals surface area contributed by atoms with E-state index in [1.165, 1.54) is 16.8 Å². The lowest BCUT2D eigenvalue weighted by Gasteiger charge is -2.07. The Morgan fingerprint density at radius 3 is 2.71 bits per heavy atom. The third-order valence-corrected chi connectivity index (χ3v) is 3.36. The van der Waals surface area contributed by atoms with Crippen molar-refractivity contribution in [2.75, 3.05) is 20.3 Å². The molecule has 6 heteroatoms. The number of nitrogens with zero attached hydrogens (tertiary/aromatic N) is 2. The fraction of sp³-hybridized carbons (Fsp3) is 0.400. The molecule has 21 heavy (non-hydrogen) atoms. The first-order valence-corrected chi connectivity index (χ1v) is 6.74. The average molecular weight is 295 g/mol. The van der Waals surface area contributed by atoms with E-state index >= 15 is 0 Å². The van der Waals surface area contributed by atoms with E-state index in [1.54, 1.807) is 7.11 Å². The first-order valence-electron chi connectivity index (χ1n) is 6.74. The van der Waals surface area contributed by atoms with Crippen LogP contribution in [-0.2, 0) is 11.3 Å². The van der Waals surface area contributed by atoms with Crippen LogP contribution in [0.5, 0.6) is 0 Å². The third kappa shape index (κ3) is 3.46. The molecule has 2 aromatic rings. The predicted molar refractivity (Wildman–Crippen MR) is 76.5 cm³/mol. The van der Waals surface area contributed by atoms with Gasteiger partial charge in [-0.2, -0.15) is 5.10 Å². The lowest BCUT2D eigenvalue weighted by molar-refractivity contribution is 0.199. The van der Waals surface area contributed by atoms with E-state index < -0.39 is 11.6 Å². The van der Waals surface area contributed by atoms with Crippen molar-refractivity contribution in [3.8, 4) is 5.69 Å². The molecule has 0 fully saturated rings. The van der Waals surface area contributed by atoms with Crippen LogP contribution in [0.1, 0.15) is 17.0 Å². The van der Waals surface area contributed by atoms with Crippen molar-refractivity contribution in [3.05, 3.63) is 46.8 Å². The van der Waals surface area contributed by atoms with Crippen molar-refractivity contribution in [1.82, 2.24) is 15.1 Å². The zero-order chi connectivity index (χ0) is 15.4. The lowest BCUT2D eigenvalue weighted by Crippen LogP contribution is -2.19. The number of aromatic nitrogens is 2. The topological polar surface area (TPSA) is 39.1 Å². The normalized spacial score (nSPS) is 11.1. The van der Waals surface area contributed by atoms with Gasteiger partial charge in [0.25, 0.3) is 0 Å². The minimum Gasteiger partial charge on any atom is -0.383 e. The van der Waals surface area contributed by atoms with E-state index in [0.717, 1.165) is 29.6 Å². The van der Waals surface area contributed by atoms with Crippen LogP contribution in [0, 0.1) is 25.5 Å². The number of methoxy groups -OCH3 is 1. The maximum absolute atomic E-state index is 13.9. The molecular formula is C15H19F2N3O. The molecule has 0 atom stereocenters. The molecule has 0 radical (unpaired) electrons. The van der Waals surface area contributed by atoms with E-state index in [9.17, 15) is 8.78 Å². The predicted octanol–water partition coefficient (Wildman–Crippen LogP) is 2.50. The van der Waals surface area contributed by atoms with Gasteiger partial charge in [-0.15, -0.1) is 0 Å². The quantitative estimate of drug-likeness (QED) is 0.832. The summed E-state index contributed by atoms with van der Waals surface area (Å²) in [6.45, 7) is 5.72. The van der Waals surface area contributed by atoms with Gasteiger partial charge in [-0.25, -0.2) is 13.5 Å². The van der Waals surface area contributed by atoms with Gasteiger partial charge in [-0.3, -0.25) is 0 Å². The van der Waals surface area contributed by atoms with Crippen molar-refractivity contribution < 1.29 is 13.5 Å². The Bertz CT molecular complexity index is 626. The minimum absolute atomic E-state index is 0.250. The van der Waals surface area contributed by atoms with Crippen molar-refractivity contribution >= 4 is 0 Å². The van der Waals surface area contributed by atoms with Crippen LogP contribution in [0.4, 0.5) is 8.78 Å². The molecule has 0 saturated carbocycles.